The fourth-order valence-electron chi connectivity index (χ4n) is 5.83. The number of halogens is 3. The minimum absolute atomic E-state index is 0.0639. The molecule has 2 aliphatic heterocycles. The molecule has 35 heavy (non-hydrogen) atoms. The van der Waals surface area contributed by atoms with E-state index in [0.717, 1.165) is 32.1 Å². The Kier molecular flexibility index (Phi) is 7.37. The molecule has 0 radical (unpaired) electrons. The standard InChI is InChI=1S/C25H37F3N4O3/c1-17-16-35-14-8-19(17)29-18-7-9-24(15-18,23(2,3)34)22(33)32-12-10-31(11-13-32)21-6-4-5-20(30-21)25(26,27)28/h4-6,17-19,29,34H,7-16H2,1-3H3/t17?,18-,19?,24-/m0/s1. The van der Waals surface area contributed by atoms with Gasteiger partial charge in [-0.25, -0.2) is 4.98 Å². The second kappa shape index (κ2) is 9.86. The lowest BCUT2D eigenvalue weighted by atomic mass is 9.70. The van der Waals surface area contributed by atoms with Crippen molar-refractivity contribution in [3.05, 3.63) is 23.9 Å². The summed E-state index contributed by atoms with van der Waals surface area (Å²) in [6.45, 7) is 8.60. The molecule has 4 rings (SSSR count). The highest BCUT2D eigenvalue weighted by Gasteiger charge is 2.56. The number of ether oxygens (including phenoxy) is 1. The summed E-state index contributed by atoms with van der Waals surface area (Å²) in [5.41, 5.74) is -3.00. The van der Waals surface area contributed by atoms with Crippen LogP contribution >= 0.6 is 0 Å². The molecule has 1 saturated carbocycles. The van der Waals surface area contributed by atoms with E-state index in [1.165, 1.54) is 6.07 Å². The van der Waals surface area contributed by atoms with Crippen LogP contribution in [-0.4, -0.2) is 78.0 Å². The molecule has 3 fully saturated rings. The third kappa shape index (κ3) is 5.44. The largest absolute Gasteiger partial charge is 0.433 e. The number of pyridine rings is 1. The summed E-state index contributed by atoms with van der Waals surface area (Å²) in [5, 5.41) is 14.9. The Morgan fingerprint density at radius 2 is 1.91 bits per heavy atom. The molecule has 3 heterocycles. The van der Waals surface area contributed by atoms with E-state index in [1.807, 2.05) is 0 Å². The van der Waals surface area contributed by atoms with Crippen molar-refractivity contribution in [1.82, 2.24) is 15.2 Å². The van der Waals surface area contributed by atoms with E-state index in [2.05, 4.69) is 17.2 Å². The number of nitrogens with one attached hydrogen (secondary N) is 1. The van der Waals surface area contributed by atoms with Crippen LogP contribution in [0.2, 0.25) is 0 Å². The van der Waals surface area contributed by atoms with Gasteiger partial charge in [0.2, 0.25) is 5.91 Å². The van der Waals surface area contributed by atoms with Crippen LogP contribution in [-0.2, 0) is 15.7 Å². The van der Waals surface area contributed by atoms with E-state index in [-0.39, 0.29) is 17.8 Å². The van der Waals surface area contributed by atoms with Gasteiger partial charge < -0.3 is 25.0 Å². The van der Waals surface area contributed by atoms with Crippen LogP contribution < -0.4 is 10.2 Å². The van der Waals surface area contributed by atoms with Crippen molar-refractivity contribution in [2.24, 2.45) is 11.3 Å². The number of hydrogen-bond donors (Lipinski definition) is 2. The van der Waals surface area contributed by atoms with Crippen LogP contribution in [0.1, 0.15) is 52.1 Å². The van der Waals surface area contributed by atoms with E-state index in [0.29, 0.717) is 51.0 Å². The van der Waals surface area contributed by atoms with Gasteiger partial charge in [0.15, 0.2) is 0 Å². The van der Waals surface area contributed by atoms with E-state index in [9.17, 15) is 23.1 Å². The Balaban J connectivity index is 1.42. The van der Waals surface area contributed by atoms with Gasteiger partial charge in [-0.3, -0.25) is 4.79 Å². The Bertz CT molecular complexity index is 899. The number of anilines is 1. The van der Waals surface area contributed by atoms with Crippen LogP contribution in [0.4, 0.5) is 19.0 Å². The summed E-state index contributed by atoms with van der Waals surface area (Å²) in [5.74, 6) is 0.597. The predicted molar refractivity (Wildman–Crippen MR) is 126 cm³/mol. The minimum atomic E-state index is -4.50. The summed E-state index contributed by atoms with van der Waals surface area (Å²) in [4.78, 5) is 21.2. The lowest BCUT2D eigenvalue weighted by Crippen LogP contribution is -2.59. The number of alkyl halides is 3. The third-order valence-corrected chi connectivity index (χ3v) is 8.10. The van der Waals surface area contributed by atoms with E-state index in [1.54, 1.807) is 29.7 Å². The molecule has 196 valence electrons. The van der Waals surface area contributed by atoms with Crippen molar-refractivity contribution >= 4 is 11.7 Å². The minimum Gasteiger partial charge on any atom is -0.389 e. The highest BCUT2D eigenvalue weighted by Crippen LogP contribution is 2.48. The van der Waals surface area contributed by atoms with Crippen LogP contribution in [0.5, 0.6) is 0 Å². The number of aliphatic hydroxyl groups is 1. The fourth-order valence-corrected chi connectivity index (χ4v) is 5.83. The number of nitrogens with zero attached hydrogens (tertiary/aromatic N) is 3. The van der Waals surface area contributed by atoms with Gasteiger partial charge in [0.1, 0.15) is 11.5 Å². The van der Waals surface area contributed by atoms with Crippen molar-refractivity contribution < 1.29 is 27.8 Å². The first kappa shape index (κ1) is 26.2. The second-order valence-corrected chi connectivity index (χ2v) is 10.9. The average molecular weight is 499 g/mol. The average Bonchev–Trinajstić information content (AvgIpc) is 3.25. The van der Waals surface area contributed by atoms with Gasteiger partial charge in [-0.1, -0.05) is 13.0 Å². The SMILES string of the molecule is CC1COCCC1N[C@H]1CC[C@](C(=O)N2CCN(c3cccc(C(F)(F)F)n3)CC2)(C(C)(C)O)C1. The van der Waals surface area contributed by atoms with Crippen LogP contribution in [0.15, 0.2) is 18.2 Å². The van der Waals surface area contributed by atoms with Gasteiger partial charge in [-0.15, -0.1) is 0 Å². The van der Waals surface area contributed by atoms with Crippen LogP contribution in [0.25, 0.3) is 0 Å². The number of carbonyl (C=O) groups excluding carboxylic acids is 1. The molecule has 1 aromatic heterocycles. The van der Waals surface area contributed by atoms with E-state index in [4.69, 9.17) is 4.74 Å². The van der Waals surface area contributed by atoms with E-state index >= 15 is 0 Å². The molecular weight excluding hydrogens is 461 g/mol. The molecule has 2 unspecified atom stereocenters. The molecule has 4 atom stereocenters. The second-order valence-electron chi connectivity index (χ2n) is 10.9. The van der Waals surface area contributed by atoms with Crippen LogP contribution in [0, 0.1) is 11.3 Å². The maximum Gasteiger partial charge on any atom is 0.433 e. The number of amides is 1. The van der Waals surface area contributed by atoms with Gasteiger partial charge >= 0.3 is 6.18 Å². The lowest BCUT2D eigenvalue weighted by molar-refractivity contribution is -0.158. The zero-order chi connectivity index (χ0) is 25.4. The summed E-state index contributed by atoms with van der Waals surface area (Å²) < 4.78 is 44.7. The number of rotatable bonds is 5. The molecule has 0 bridgehead atoms. The van der Waals surface area contributed by atoms with Gasteiger partial charge in [-0.2, -0.15) is 13.2 Å². The van der Waals surface area contributed by atoms with Crippen molar-refractivity contribution in [2.45, 2.75) is 70.3 Å². The maximum atomic E-state index is 13.8. The summed E-state index contributed by atoms with van der Waals surface area (Å²) >= 11 is 0. The van der Waals surface area contributed by atoms with Crippen LogP contribution in [0.3, 0.4) is 0 Å². The van der Waals surface area contributed by atoms with Gasteiger partial charge in [0.25, 0.3) is 0 Å². The summed E-state index contributed by atoms with van der Waals surface area (Å²) in [7, 11) is 0. The molecule has 1 aromatic rings. The highest BCUT2D eigenvalue weighted by molar-refractivity contribution is 5.85. The number of hydrogen-bond acceptors (Lipinski definition) is 6. The van der Waals surface area contributed by atoms with Gasteiger partial charge in [0.05, 0.1) is 17.6 Å². The van der Waals surface area contributed by atoms with Crippen molar-refractivity contribution in [3.63, 3.8) is 0 Å². The quantitative estimate of drug-likeness (QED) is 0.650. The van der Waals surface area contributed by atoms with Crippen molar-refractivity contribution in [3.8, 4) is 0 Å². The highest BCUT2D eigenvalue weighted by atomic mass is 19.4. The smallest absolute Gasteiger partial charge is 0.389 e. The normalized spacial score (nSPS) is 30.5. The first-order valence-corrected chi connectivity index (χ1v) is 12.6. The summed E-state index contributed by atoms with van der Waals surface area (Å²) in [6, 6.07) is 4.37. The first-order valence-electron chi connectivity index (χ1n) is 12.6. The molecule has 2 saturated heterocycles. The molecule has 0 aromatic carbocycles. The Labute approximate surface area is 205 Å². The molecular formula is C25H37F3N4O3. The topological polar surface area (TPSA) is 77.9 Å². The molecule has 3 aliphatic rings. The van der Waals surface area contributed by atoms with Gasteiger partial charge in [-0.05, 0) is 57.6 Å². The number of piperazine rings is 1. The molecule has 10 heteroatoms. The van der Waals surface area contributed by atoms with Crippen molar-refractivity contribution in [1.29, 1.82) is 0 Å². The van der Waals surface area contributed by atoms with E-state index < -0.39 is 22.9 Å². The zero-order valence-electron chi connectivity index (χ0n) is 20.8. The molecule has 1 amide bonds. The zero-order valence-corrected chi connectivity index (χ0v) is 20.8. The fraction of sp³-hybridized carbons (Fsp3) is 0.760. The Morgan fingerprint density at radius 3 is 2.54 bits per heavy atom. The Morgan fingerprint density at radius 1 is 1.20 bits per heavy atom. The predicted octanol–water partition coefficient (Wildman–Crippen LogP) is 3.07. The molecule has 0 spiro atoms. The first-order chi connectivity index (χ1) is 16.4. The molecule has 2 N–H and O–H groups in total. The number of carbonyl (C=O) groups is 1. The lowest BCUT2D eigenvalue weighted by Gasteiger charge is -2.45. The summed E-state index contributed by atoms with van der Waals surface area (Å²) in [6.07, 6.45) is -1.59. The monoisotopic (exact) mass is 498 g/mol. The maximum absolute atomic E-state index is 13.8. The van der Waals surface area contributed by atoms with Crippen molar-refractivity contribution in [2.75, 3.05) is 44.3 Å². The van der Waals surface area contributed by atoms with Gasteiger partial charge in [0, 0.05) is 44.9 Å². The third-order valence-electron chi connectivity index (χ3n) is 8.10. The molecule has 1 aliphatic carbocycles. The number of aromatic nitrogens is 1. The molecule has 7 nitrogen and oxygen atoms in total. The Hall–Kier alpha value is -1.91.